The lowest BCUT2D eigenvalue weighted by molar-refractivity contribution is 0.127. The van der Waals surface area contributed by atoms with Crippen molar-refractivity contribution >= 4 is 17.2 Å². The number of aryl methyl sites for hydroxylation is 1. The summed E-state index contributed by atoms with van der Waals surface area (Å²) in [4.78, 5) is 0.617. The number of ether oxygens (including phenoxy) is 3. The molecule has 168 valence electrons. The summed E-state index contributed by atoms with van der Waals surface area (Å²) in [6.45, 7) is 5.34. The second-order valence-electron chi connectivity index (χ2n) is 7.01. The van der Waals surface area contributed by atoms with Crippen molar-refractivity contribution in [2.24, 2.45) is 0 Å². The lowest BCUT2D eigenvalue weighted by atomic mass is 10.1. The fraction of sp³-hybridized carbons (Fsp3) is 0.370. The Hall–Kier alpha value is -2.99. The number of benzene rings is 2. The molecule has 0 bridgehead atoms. The van der Waals surface area contributed by atoms with Crippen molar-refractivity contribution in [2.75, 3.05) is 26.9 Å². The van der Waals surface area contributed by atoms with Gasteiger partial charge in [-0.2, -0.15) is 0 Å². The monoisotopic (exact) mass is 449 g/mol. The van der Waals surface area contributed by atoms with Crippen molar-refractivity contribution in [1.82, 2.24) is 5.32 Å². The van der Waals surface area contributed by atoms with Gasteiger partial charge in [-0.05, 0) is 41.7 Å². The van der Waals surface area contributed by atoms with E-state index in [4.69, 9.17) is 32.9 Å². The van der Waals surface area contributed by atoms with Crippen molar-refractivity contribution < 1.29 is 14.2 Å². The molecule has 2 rings (SSSR count). The summed E-state index contributed by atoms with van der Waals surface area (Å²) in [7, 11) is 1.63. The van der Waals surface area contributed by atoms with E-state index in [1.165, 1.54) is 5.56 Å². The number of nitrogens with one attached hydrogen (secondary N) is 1. The molecule has 0 spiro atoms. The first-order valence-electron chi connectivity index (χ1n) is 10.8. The van der Waals surface area contributed by atoms with Crippen molar-refractivity contribution in [1.29, 1.82) is 0 Å². The standard InChI is InChI=1S/C27H31NO3S/c1-5-8-9-19-30-24-15-12-22(20-25(24)29-4)16-17-28-27(32)26(31-18-6-2)23-13-10-21(7-3)11-14-23/h2,10-15,20,26H,5,7,16-19H2,1,3-4H3,(H,28,32). The molecule has 0 aliphatic heterocycles. The van der Waals surface area contributed by atoms with Crippen molar-refractivity contribution in [2.45, 2.75) is 39.2 Å². The molecule has 1 unspecified atom stereocenters. The summed E-state index contributed by atoms with van der Waals surface area (Å²) < 4.78 is 17.0. The quantitative estimate of drug-likeness (QED) is 0.390. The number of terminal acetylenes is 1. The lowest BCUT2D eigenvalue weighted by Gasteiger charge is -2.20. The minimum Gasteiger partial charge on any atom is -0.493 e. The molecule has 0 aliphatic carbocycles. The van der Waals surface area contributed by atoms with Crippen molar-refractivity contribution in [3.8, 4) is 35.7 Å². The van der Waals surface area contributed by atoms with Crippen LogP contribution in [-0.4, -0.2) is 31.9 Å². The summed E-state index contributed by atoms with van der Waals surface area (Å²) in [5.41, 5.74) is 3.36. The Balaban J connectivity index is 1.97. The van der Waals surface area contributed by atoms with Gasteiger partial charge in [-0.3, -0.25) is 0 Å². The number of hydrogen-bond acceptors (Lipinski definition) is 4. The van der Waals surface area contributed by atoms with E-state index in [2.05, 4.69) is 42.1 Å². The van der Waals surface area contributed by atoms with Crippen LogP contribution in [0.2, 0.25) is 0 Å². The molecule has 4 nitrogen and oxygen atoms in total. The number of hydrogen-bond donors (Lipinski definition) is 1. The Morgan fingerprint density at radius 3 is 2.44 bits per heavy atom. The van der Waals surface area contributed by atoms with Crippen LogP contribution in [0.1, 0.15) is 43.1 Å². The highest BCUT2D eigenvalue weighted by Crippen LogP contribution is 2.28. The van der Waals surface area contributed by atoms with Crippen LogP contribution in [-0.2, 0) is 17.6 Å². The molecule has 0 aromatic heterocycles. The largest absolute Gasteiger partial charge is 0.493 e. The third-order valence-corrected chi connectivity index (χ3v) is 5.16. The van der Waals surface area contributed by atoms with Crippen molar-refractivity contribution in [3.05, 3.63) is 59.2 Å². The second kappa shape index (κ2) is 14.1. The van der Waals surface area contributed by atoms with E-state index < -0.39 is 0 Å². The van der Waals surface area contributed by atoms with E-state index in [1.807, 2.05) is 37.3 Å². The van der Waals surface area contributed by atoms with Crippen LogP contribution in [0.4, 0.5) is 0 Å². The van der Waals surface area contributed by atoms with E-state index in [9.17, 15) is 0 Å². The van der Waals surface area contributed by atoms with Crippen LogP contribution in [0.3, 0.4) is 0 Å². The van der Waals surface area contributed by atoms with E-state index in [-0.39, 0.29) is 12.7 Å². The molecule has 0 heterocycles. The summed E-state index contributed by atoms with van der Waals surface area (Å²) in [6.07, 6.45) is 7.58. The van der Waals surface area contributed by atoms with E-state index in [0.29, 0.717) is 29.6 Å². The first kappa shape index (κ1) is 25.3. The maximum absolute atomic E-state index is 5.84. The van der Waals surface area contributed by atoms with E-state index >= 15 is 0 Å². The summed E-state index contributed by atoms with van der Waals surface area (Å²) >= 11 is 5.62. The van der Waals surface area contributed by atoms with Gasteiger partial charge in [0.05, 0.1) is 7.11 Å². The molecule has 0 saturated carbocycles. The molecule has 0 amide bonds. The molecule has 2 aromatic carbocycles. The van der Waals surface area contributed by atoms with E-state index in [1.54, 1.807) is 7.11 Å². The van der Waals surface area contributed by atoms with Gasteiger partial charge < -0.3 is 19.5 Å². The Kier molecular flexibility index (Phi) is 11.2. The molecule has 5 heteroatoms. The summed E-state index contributed by atoms with van der Waals surface area (Å²) in [5.74, 6) is 9.85. The molecular weight excluding hydrogens is 418 g/mol. The Labute approximate surface area is 197 Å². The molecule has 1 atom stereocenters. The zero-order chi connectivity index (χ0) is 23.2. The van der Waals surface area contributed by atoms with Crippen LogP contribution in [0.25, 0.3) is 0 Å². The lowest BCUT2D eigenvalue weighted by Crippen LogP contribution is -2.31. The average Bonchev–Trinajstić information content (AvgIpc) is 2.83. The maximum Gasteiger partial charge on any atom is 0.162 e. The minimum absolute atomic E-state index is 0.198. The molecule has 0 aliphatic rings. The van der Waals surface area contributed by atoms with Gasteiger partial charge in [0, 0.05) is 13.0 Å². The highest BCUT2D eigenvalue weighted by atomic mass is 32.1. The van der Waals surface area contributed by atoms with E-state index in [0.717, 1.165) is 30.4 Å². The molecule has 0 fully saturated rings. The second-order valence-corrected chi connectivity index (χ2v) is 7.45. The highest BCUT2D eigenvalue weighted by molar-refractivity contribution is 7.80. The van der Waals surface area contributed by atoms with Crippen LogP contribution >= 0.6 is 12.2 Å². The average molecular weight is 450 g/mol. The van der Waals surface area contributed by atoms with Gasteiger partial charge in [0.15, 0.2) is 11.5 Å². The maximum atomic E-state index is 5.84. The Morgan fingerprint density at radius 2 is 1.78 bits per heavy atom. The SMILES string of the molecule is C#CCOC(C(=S)NCCc1ccc(OCC#CCC)c(OC)c1)c1ccc(CC)cc1. The normalized spacial score (nSPS) is 10.9. The van der Waals surface area contributed by atoms with Crippen LogP contribution < -0.4 is 14.8 Å². The zero-order valence-electron chi connectivity index (χ0n) is 19.1. The number of thiocarbonyl (C=S) groups is 1. The third-order valence-electron chi connectivity index (χ3n) is 4.80. The van der Waals surface area contributed by atoms with Gasteiger partial charge in [-0.15, -0.1) is 12.3 Å². The molecule has 2 aromatic rings. The van der Waals surface area contributed by atoms with Gasteiger partial charge >= 0.3 is 0 Å². The highest BCUT2D eigenvalue weighted by Gasteiger charge is 2.17. The first-order chi connectivity index (χ1) is 15.6. The molecular formula is C27H31NO3S. The van der Waals surface area contributed by atoms with Gasteiger partial charge in [0.2, 0.25) is 0 Å². The smallest absolute Gasteiger partial charge is 0.162 e. The van der Waals surface area contributed by atoms with Crippen molar-refractivity contribution in [3.63, 3.8) is 0 Å². The third kappa shape index (κ3) is 7.93. The molecule has 0 radical (unpaired) electrons. The van der Waals surface area contributed by atoms with Gasteiger partial charge in [-0.1, -0.05) is 68.2 Å². The fourth-order valence-electron chi connectivity index (χ4n) is 3.08. The fourth-order valence-corrected chi connectivity index (χ4v) is 3.39. The predicted octanol–water partition coefficient (Wildman–Crippen LogP) is 4.90. The van der Waals surface area contributed by atoms with Crippen LogP contribution in [0.5, 0.6) is 11.5 Å². The topological polar surface area (TPSA) is 39.7 Å². The number of rotatable bonds is 11. The predicted molar refractivity (Wildman–Crippen MR) is 134 cm³/mol. The molecule has 0 saturated heterocycles. The minimum atomic E-state index is -0.374. The summed E-state index contributed by atoms with van der Waals surface area (Å²) in [5, 5.41) is 3.32. The van der Waals surface area contributed by atoms with Gasteiger partial charge in [0.25, 0.3) is 0 Å². The summed E-state index contributed by atoms with van der Waals surface area (Å²) in [6, 6.07) is 14.2. The molecule has 1 N–H and O–H groups in total. The van der Waals surface area contributed by atoms with Gasteiger partial charge in [-0.25, -0.2) is 0 Å². The van der Waals surface area contributed by atoms with Crippen LogP contribution in [0, 0.1) is 24.2 Å². The first-order valence-corrected chi connectivity index (χ1v) is 11.2. The van der Waals surface area contributed by atoms with Crippen LogP contribution in [0.15, 0.2) is 42.5 Å². The molecule has 32 heavy (non-hydrogen) atoms. The number of methoxy groups -OCH3 is 1. The Bertz CT molecular complexity index is 967. The zero-order valence-corrected chi connectivity index (χ0v) is 19.9. The van der Waals surface area contributed by atoms with Gasteiger partial charge in [0.1, 0.15) is 24.3 Å². The Morgan fingerprint density at radius 1 is 1.03 bits per heavy atom.